The molecular weight excluding hydrogens is 382 g/mol. The number of fused-ring (bicyclic) bond motifs is 3. The lowest BCUT2D eigenvalue weighted by Gasteiger charge is -2.20. The molecule has 0 fully saturated rings. The Hall–Kier alpha value is -3.51. The lowest BCUT2D eigenvalue weighted by Crippen LogP contribution is -2.30. The maximum absolute atomic E-state index is 12.5. The van der Waals surface area contributed by atoms with Crippen molar-refractivity contribution in [2.45, 2.75) is 18.4 Å². The number of carbonyl (C=O) groups is 1. The van der Waals surface area contributed by atoms with Crippen molar-refractivity contribution in [3.8, 4) is 22.6 Å². The Labute approximate surface area is 174 Å². The molecule has 1 aliphatic carbocycles. The van der Waals surface area contributed by atoms with Crippen LogP contribution in [0, 0.1) is 0 Å². The van der Waals surface area contributed by atoms with Crippen molar-refractivity contribution >= 4 is 6.09 Å². The van der Waals surface area contributed by atoms with E-state index in [2.05, 4.69) is 29.6 Å². The number of phenolic OH excluding ortho intramolecular Hbond substituents is 2. The first-order chi connectivity index (χ1) is 14.6. The van der Waals surface area contributed by atoms with Crippen LogP contribution in [0.2, 0.25) is 0 Å². The van der Waals surface area contributed by atoms with Gasteiger partial charge in [0.25, 0.3) is 0 Å². The smallest absolute Gasteiger partial charge is 0.407 e. The third-order valence-corrected chi connectivity index (χ3v) is 5.46. The Morgan fingerprint density at radius 2 is 1.57 bits per heavy atom. The molecule has 0 radical (unpaired) electrons. The number of aliphatic hydroxyl groups is 1. The number of rotatable bonds is 6. The van der Waals surface area contributed by atoms with E-state index in [-0.39, 0.29) is 37.1 Å². The van der Waals surface area contributed by atoms with Crippen LogP contribution in [-0.2, 0) is 4.74 Å². The highest BCUT2D eigenvalue weighted by molar-refractivity contribution is 5.79. The van der Waals surface area contributed by atoms with Gasteiger partial charge in [0, 0.05) is 12.5 Å². The first kappa shape index (κ1) is 19.8. The molecule has 4 rings (SSSR count). The summed E-state index contributed by atoms with van der Waals surface area (Å²) in [5, 5.41) is 31.3. The number of nitrogens with one attached hydrogen (secondary N) is 1. The fourth-order valence-electron chi connectivity index (χ4n) is 3.99. The Morgan fingerprint density at radius 3 is 2.17 bits per heavy atom. The van der Waals surface area contributed by atoms with Gasteiger partial charge in [-0.25, -0.2) is 4.79 Å². The highest BCUT2D eigenvalue weighted by atomic mass is 16.5. The van der Waals surface area contributed by atoms with Gasteiger partial charge < -0.3 is 25.4 Å². The van der Waals surface area contributed by atoms with Gasteiger partial charge in [-0.1, -0.05) is 54.6 Å². The molecule has 1 aliphatic rings. The molecule has 3 aromatic carbocycles. The fourth-order valence-corrected chi connectivity index (χ4v) is 3.99. The molecule has 0 saturated carbocycles. The van der Waals surface area contributed by atoms with Gasteiger partial charge in [-0.15, -0.1) is 0 Å². The largest absolute Gasteiger partial charge is 0.504 e. The summed E-state index contributed by atoms with van der Waals surface area (Å²) in [5.74, 6) is -0.579. The second-order valence-electron chi connectivity index (χ2n) is 7.28. The number of amides is 1. The third kappa shape index (κ3) is 3.82. The molecule has 0 heterocycles. The van der Waals surface area contributed by atoms with Crippen LogP contribution < -0.4 is 5.32 Å². The summed E-state index contributed by atoms with van der Waals surface area (Å²) in [6, 6.07) is 19.9. The first-order valence-corrected chi connectivity index (χ1v) is 9.82. The predicted octanol–water partition coefficient (Wildman–Crippen LogP) is 4.06. The van der Waals surface area contributed by atoms with Crippen LogP contribution in [0.15, 0.2) is 66.7 Å². The molecule has 1 amide bonds. The van der Waals surface area contributed by atoms with E-state index in [9.17, 15) is 20.1 Å². The minimum absolute atomic E-state index is 0.0443. The molecule has 1 atom stereocenters. The van der Waals surface area contributed by atoms with Crippen LogP contribution in [0.25, 0.3) is 11.1 Å². The van der Waals surface area contributed by atoms with Crippen LogP contribution in [-0.4, -0.2) is 34.6 Å². The highest BCUT2D eigenvalue weighted by Gasteiger charge is 2.29. The number of aliphatic hydroxyl groups excluding tert-OH is 1. The average Bonchev–Trinajstić information content (AvgIpc) is 3.08. The van der Waals surface area contributed by atoms with E-state index in [0.29, 0.717) is 5.56 Å². The second-order valence-corrected chi connectivity index (χ2v) is 7.28. The van der Waals surface area contributed by atoms with Gasteiger partial charge in [0.15, 0.2) is 11.5 Å². The number of phenols is 2. The van der Waals surface area contributed by atoms with Crippen molar-refractivity contribution in [1.29, 1.82) is 0 Å². The molecule has 4 N–H and O–H groups in total. The van der Waals surface area contributed by atoms with Crippen molar-refractivity contribution in [3.05, 3.63) is 83.4 Å². The van der Waals surface area contributed by atoms with E-state index in [0.717, 1.165) is 22.3 Å². The number of hydrogen-bond acceptors (Lipinski definition) is 5. The number of alkyl carbamates (subject to hydrolysis) is 1. The summed E-state index contributed by atoms with van der Waals surface area (Å²) < 4.78 is 5.55. The summed E-state index contributed by atoms with van der Waals surface area (Å²) in [6.07, 6.45) is -0.364. The molecule has 0 saturated heterocycles. The molecule has 30 heavy (non-hydrogen) atoms. The van der Waals surface area contributed by atoms with Crippen molar-refractivity contribution in [2.75, 3.05) is 13.2 Å². The van der Waals surface area contributed by atoms with E-state index in [4.69, 9.17) is 4.74 Å². The van der Waals surface area contributed by atoms with Gasteiger partial charge in [0.1, 0.15) is 6.61 Å². The highest BCUT2D eigenvalue weighted by Crippen LogP contribution is 2.44. The van der Waals surface area contributed by atoms with Crippen molar-refractivity contribution in [3.63, 3.8) is 0 Å². The number of carbonyl (C=O) groups excluding carboxylic acids is 1. The summed E-state index contributed by atoms with van der Waals surface area (Å²) in [7, 11) is 0. The molecule has 0 spiro atoms. The first-order valence-electron chi connectivity index (χ1n) is 9.82. The van der Waals surface area contributed by atoms with Gasteiger partial charge in [-0.2, -0.15) is 0 Å². The predicted molar refractivity (Wildman–Crippen MR) is 112 cm³/mol. The molecule has 6 nitrogen and oxygen atoms in total. The summed E-state index contributed by atoms with van der Waals surface area (Å²) >= 11 is 0. The van der Waals surface area contributed by atoms with Crippen molar-refractivity contribution in [2.24, 2.45) is 0 Å². The number of benzene rings is 3. The Balaban J connectivity index is 1.47. The molecule has 1 unspecified atom stereocenters. The molecule has 0 bridgehead atoms. The zero-order valence-electron chi connectivity index (χ0n) is 16.3. The van der Waals surface area contributed by atoms with Gasteiger partial charge in [0.2, 0.25) is 0 Å². The molecule has 0 aromatic heterocycles. The van der Waals surface area contributed by atoms with E-state index < -0.39 is 12.1 Å². The summed E-state index contributed by atoms with van der Waals surface area (Å²) in [5.41, 5.74) is 5.12. The lowest BCUT2D eigenvalue weighted by atomic mass is 9.98. The topological polar surface area (TPSA) is 99.0 Å². The van der Waals surface area contributed by atoms with Crippen LogP contribution in [0.5, 0.6) is 11.5 Å². The molecule has 0 aliphatic heterocycles. The lowest BCUT2D eigenvalue weighted by molar-refractivity contribution is 0.136. The Kier molecular flexibility index (Phi) is 5.59. The van der Waals surface area contributed by atoms with Crippen LogP contribution in [0.4, 0.5) is 4.79 Å². The van der Waals surface area contributed by atoms with E-state index in [1.165, 1.54) is 12.1 Å². The van der Waals surface area contributed by atoms with Crippen LogP contribution in [0.3, 0.4) is 0 Å². The van der Waals surface area contributed by atoms with Crippen molar-refractivity contribution < 1.29 is 24.9 Å². The maximum Gasteiger partial charge on any atom is 0.407 e. The van der Waals surface area contributed by atoms with Gasteiger partial charge in [-0.3, -0.25) is 0 Å². The summed E-state index contributed by atoms with van der Waals surface area (Å²) in [4.78, 5) is 12.5. The van der Waals surface area contributed by atoms with E-state index >= 15 is 0 Å². The molecule has 6 heteroatoms. The minimum atomic E-state index is -0.608. The van der Waals surface area contributed by atoms with Gasteiger partial charge >= 0.3 is 6.09 Å². The van der Waals surface area contributed by atoms with Crippen LogP contribution >= 0.6 is 0 Å². The average molecular weight is 405 g/mol. The SMILES string of the molecule is O=C(NC(CCO)c1ccc(O)c(O)c1)OCC1c2ccccc2-c2ccccc21. The third-order valence-electron chi connectivity index (χ3n) is 5.46. The van der Waals surface area contributed by atoms with Gasteiger partial charge in [-0.05, 0) is 46.4 Å². The quantitative estimate of drug-likeness (QED) is 0.464. The zero-order valence-corrected chi connectivity index (χ0v) is 16.3. The number of ether oxygens (including phenoxy) is 1. The minimum Gasteiger partial charge on any atom is -0.504 e. The van der Waals surface area contributed by atoms with Gasteiger partial charge in [0.05, 0.1) is 6.04 Å². The monoisotopic (exact) mass is 405 g/mol. The fraction of sp³-hybridized carbons (Fsp3) is 0.208. The molecular formula is C24H23NO5. The number of hydrogen-bond donors (Lipinski definition) is 4. The molecule has 3 aromatic rings. The Bertz CT molecular complexity index is 1020. The normalized spacial score (nSPS) is 13.4. The second kappa shape index (κ2) is 8.47. The standard InChI is InChI=1S/C24H23NO5/c26-12-11-21(15-9-10-22(27)23(28)13-15)25-24(29)30-14-20-18-7-3-1-5-16(18)17-6-2-4-8-19(17)20/h1-10,13,20-21,26-28H,11-12,14H2,(H,25,29). The van der Waals surface area contributed by atoms with E-state index in [1.54, 1.807) is 6.07 Å². The van der Waals surface area contributed by atoms with E-state index in [1.807, 2.05) is 24.3 Å². The zero-order chi connectivity index (χ0) is 21.1. The van der Waals surface area contributed by atoms with Crippen LogP contribution in [0.1, 0.15) is 35.1 Å². The maximum atomic E-state index is 12.5. The summed E-state index contributed by atoms with van der Waals surface area (Å²) in [6.45, 7) is 0.0303. The molecule has 154 valence electrons. The Morgan fingerprint density at radius 1 is 0.933 bits per heavy atom. The number of aromatic hydroxyl groups is 2. The van der Waals surface area contributed by atoms with Crippen molar-refractivity contribution in [1.82, 2.24) is 5.32 Å².